The van der Waals surface area contributed by atoms with Gasteiger partial charge >= 0.3 is 0 Å². The van der Waals surface area contributed by atoms with Crippen LogP contribution in [0.1, 0.15) is 40.9 Å². The van der Waals surface area contributed by atoms with Crippen molar-refractivity contribution in [3.8, 4) is 17.0 Å². The number of methoxy groups -OCH3 is 1. The van der Waals surface area contributed by atoms with Gasteiger partial charge < -0.3 is 30.1 Å². The molecule has 0 bridgehead atoms. The fraction of sp³-hybridized carbons (Fsp3) is 0.357. The average Bonchev–Trinajstić information content (AvgIpc) is 3.25. The summed E-state index contributed by atoms with van der Waals surface area (Å²) in [7, 11) is 1.59. The van der Waals surface area contributed by atoms with Gasteiger partial charge in [-0.3, -0.25) is 9.59 Å². The fourth-order valence-corrected chi connectivity index (χ4v) is 4.99. The molecule has 5 rings (SSSR count). The number of benzene rings is 2. The molecule has 3 atom stereocenters. The molecule has 204 valence electrons. The Labute approximate surface area is 231 Å². The summed E-state index contributed by atoms with van der Waals surface area (Å²) in [5.41, 5.74) is 3.36. The smallest absolute Gasteiger partial charge is 0.254 e. The van der Waals surface area contributed by atoms with E-state index in [0.717, 1.165) is 11.1 Å². The van der Waals surface area contributed by atoms with Crippen LogP contribution < -0.4 is 15.4 Å². The molecule has 2 aromatic carbocycles. The third-order valence-corrected chi connectivity index (χ3v) is 7.23. The molecule has 1 fully saturated rings. The molecule has 10 nitrogen and oxygen atoms in total. The first-order chi connectivity index (χ1) is 18.8. The molecule has 0 aliphatic carbocycles. The Morgan fingerprint density at radius 1 is 1.31 bits per heavy atom. The molecule has 0 saturated carbocycles. The minimum atomic E-state index is -0.666. The van der Waals surface area contributed by atoms with Crippen LogP contribution in [0, 0.1) is 0 Å². The Kier molecular flexibility index (Phi) is 7.97. The third-order valence-electron chi connectivity index (χ3n) is 6.95. The largest absolute Gasteiger partial charge is 0.497 e. The Morgan fingerprint density at radius 3 is 2.95 bits per heavy atom. The summed E-state index contributed by atoms with van der Waals surface area (Å²) < 4.78 is 10.5. The van der Waals surface area contributed by atoms with Crippen molar-refractivity contribution in [3.05, 3.63) is 70.4 Å². The van der Waals surface area contributed by atoms with Crippen LogP contribution in [0.4, 0.5) is 5.95 Å². The minimum Gasteiger partial charge on any atom is -0.497 e. The quantitative estimate of drug-likeness (QED) is 0.390. The van der Waals surface area contributed by atoms with E-state index < -0.39 is 6.10 Å². The van der Waals surface area contributed by atoms with Gasteiger partial charge in [-0.2, -0.15) is 0 Å². The lowest BCUT2D eigenvalue weighted by Gasteiger charge is -2.28. The van der Waals surface area contributed by atoms with E-state index in [2.05, 4.69) is 20.6 Å². The number of hydrogen-bond acceptors (Lipinski definition) is 8. The van der Waals surface area contributed by atoms with E-state index in [-0.39, 0.29) is 37.0 Å². The van der Waals surface area contributed by atoms with Crippen molar-refractivity contribution in [3.63, 3.8) is 0 Å². The zero-order valence-electron chi connectivity index (χ0n) is 21.7. The molecule has 1 saturated heterocycles. The zero-order valence-corrected chi connectivity index (χ0v) is 22.4. The van der Waals surface area contributed by atoms with Gasteiger partial charge in [-0.25, -0.2) is 9.97 Å². The van der Waals surface area contributed by atoms with Crippen molar-refractivity contribution in [2.24, 2.45) is 0 Å². The molecular formula is C28H30ClN5O5. The summed E-state index contributed by atoms with van der Waals surface area (Å²) in [6, 6.07) is 12.5. The Morgan fingerprint density at radius 2 is 2.15 bits per heavy atom. The van der Waals surface area contributed by atoms with Gasteiger partial charge in [-0.1, -0.05) is 35.9 Å². The normalized spacial score (nSPS) is 19.4. The van der Waals surface area contributed by atoms with Crippen LogP contribution in [0.3, 0.4) is 0 Å². The number of aromatic nitrogens is 2. The van der Waals surface area contributed by atoms with Gasteiger partial charge in [0.1, 0.15) is 12.3 Å². The maximum absolute atomic E-state index is 13.2. The fourth-order valence-electron chi connectivity index (χ4n) is 4.79. The second-order valence-corrected chi connectivity index (χ2v) is 10.1. The Balaban J connectivity index is 1.27. The van der Waals surface area contributed by atoms with Crippen LogP contribution in [0.15, 0.2) is 48.7 Å². The zero-order chi connectivity index (χ0) is 27.5. The number of ether oxygens (including phenoxy) is 2. The van der Waals surface area contributed by atoms with Crippen LogP contribution >= 0.6 is 11.6 Å². The summed E-state index contributed by atoms with van der Waals surface area (Å²) in [5, 5.41) is 16.6. The number of halogens is 1. The summed E-state index contributed by atoms with van der Waals surface area (Å²) >= 11 is 6.43. The number of aliphatic hydroxyl groups is 1. The summed E-state index contributed by atoms with van der Waals surface area (Å²) in [5.74, 6) is 0.555. The molecule has 1 aromatic heterocycles. The molecule has 0 radical (unpaired) electrons. The molecule has 0 spiro atoms. The maximum atomic E-state index is 13.2. The number of amides is 2. The van der Waals surface area contributed by atoms with Crippen LogP contribution in [0.5, 0.6) is 5.75 Å². The third kappa shape index (κ3) is 5.98. The van der Waals surface area contributed by atoms with Crippen molar-refractivity contribution < 1.29 is 24.2 Å². The van der Waals surface area contributed by atoms with Crippen molar-refractivity contribution in [1.29, 1.82) is 0 Å². The molecule has 2 aliphatic heterocycles. The van der Waals surface area contributed by atoms with Gasteiger partial charge in [-0.05, 0) is 42.7 Å². The first-order valence-corrected chi connectivity index (χ1v) is 13.1. The molecule has 11 heteroatoms. The van der Waals surface area contributed by atoms with E-state index in [4.69, 9.17) is 21.1 Å². The van der Waals surface area contributed by atoms with E-state index in [1.807, 2.05) is 43.3 Å². The second-order valence-electron chi connectivity index (χ2n) is 9.67. The number of nitrogens with one attached hydrogen (secondary N) is 2. The summed E-state index contributed by atoms with van der Waals surface area (Å²) in [6.45, 7) is 2.95. The monoisotopic (exact) mass is 551 g/mol. The lowest BCUT2D eigenvalue weighted by atomic mass is 10.0. The molecule has 3 aromatic rings. The van der Waals surface area contributed by atoms with E-state index >= 15 is 0 Å². The van der Waals surface area contributed by atoms with Gasteiger partial charge in [0, 0.05) is 24.3 Å². The van der Waals surface area contributed by atoms with Crippen LogP contribution in [0.25, 0.3) is 11.3 Å². The van der Waals surface area contributed by atoms with E-state index in [1.54, 1.807) is 13.2 Å². The molecule has 39 heavy (non-hydrogen) atoms. The maximum Gasteiger partial charge on any atom is 0.254 e. The highest BCUT2D eigenvalue weighted by Crippen LogP contribution is 2.32. The van der Waals surface area contributed by atoms with Gasteiger partial charge in [-0.15, -0.1) is 0 Å². The molecular weight excluding hydrogens is 522 g/mol. The number of fused-ring (bicyclic) bond motifs is 1. The number of nitrogens with zero attached hydrogens (tertiary/aromatic N) is 3. The number of rotatable bonds is 8. The highest BCUT2D eigenvalue weighted by molar-refractivity contribution is 6.33. The lowest BCUT2D eigenvalue weighted by Crippen LogP contribution is -2.42. The first-order valence-electron chi connectivity index (χ1n) is 12.7. The van der Waals surface area contributed by atoms with Gasteiger partial charge in [0.15, 0.2) is 0 Å². The second kappa shape index (κ2) is 11.6. The van der Waals surface area contributed by atoms with Crippen molar-refractivity contribution in [2.75, 3.05) is 32.2 Å². The van der Waals surface area contributed by atoms with Gasteiger partial charge in [0.05, 0.1) is 48.8 Å². The van der Waals surface area contributed by atoms with Gasteiger partial charge in [0.2, 0.25) is 11.9 Å². The van der Waals surface area contributed by atoms with Gasteiger partial charge in [0.25, 0.3) is 5.91 Å². The van der Waals surface area contributed by atoms with E-state index in [1.165, 1.54) is 11.1 Å². The predicted molar refractivity (Wildman–Crippen MR) is 146 cm³/mol. The topological polar surface area (TPSA) is 126 Å². The minimum absolute atomic E-state index is 0.0626. The lowest BCUT2D eigenvalue weighted by molar-refractivity contribution is -0.122. The highest BCUT2D eigenvalue weighted by atomic mass is 35.5. The number of carbonyl (C=O) groups excluding carboxylic acids is 2. The van der Waals surface area contributed by atoms with E-state index in [9.17, 15) is 14.7 Å². The van der Waals surface area contributed by atoms with E-state index in [0.29, 0.717) is 53.1 Å². The number of hydrogen-bond donors (Lipinski definition) is 3. The van der Waals surface area contributed by atoms with Crippen LogP contribution in [0.2, 0.25) is 5.02 Å². The number of aliphatic hydroxyl groups excluding tert-OH is 1. The van der Waals surface area contributed by atoms with Crippen LogP contribution in [-0.4, -0.2) is 70.8 Å². The van der Waals surface area contributed by atoms with Crippen molar-refractivity contribution in [2.45, 2.75) is 38.1 Å². The standard InChI is InChI=1S/C28H30ClN5O5/c1-16(17-4-3-5-20(10-17)38-2)31-25(36)14-34-13-19-7-6-18(11-21(19)27(34)37)26-22(29)12-30-28(33-26)32-23-8-9-39-15-24(23)35/h3-7,10-12,16,23-24,35H,8-9,13-15H2,1-2H3,(H,31,36)(H,30,32,33)/t16?,23-,24-/m0/s1. The molecule has 2 amide bonds. The van der Waals surface area contributed by atoms with Crippen LogP contribution in [-0.2, 0) is 16.1 Å². The summed E-state index contributed by atoms with van der Waals surface area (Å²) in [6.07, 6.45) is 1.45. The first kappa shape index (κ1) is 26.9. The number of carbonyl (C=O) groups is 2. The Bertz CT molecular complexity index is 1390. The number of anilines is 1. The molecule has 3 heterocycles. The summed E-state index contributed by atoms with van der Waals surface area (Å²) in [4.78, 5) is 36.3. The van der Waals surface area contributed by atoms with Crippen molar-refractivity contribution >= 4 is 29.4 Å². The molecule has 1 unspecified atom stereocenters. The predicted octanol–water partition coefficient (Wildman–Crippen LogP) is 3.20. The molecule has 3 N–H and O–H groups in total. The highest BCUT2D eigenvalue weighted by Gasteiger charge is 2.30. The molecule has 2 aliphatic rings. The average molecular weight is 552 g/mol. The Hall–Kier alpha value is -3.73. The SMILES string of the molecule is COc1cccc(C(C)NC(=O)CN2Cc3ccc(-c4nc(N[C@H]5CCOC[C@@H]5O)ncc4Cl)cc3C2=O)c1. The van der Waals surface area contributed by atoms with Crippen molar-refractivity contribution in [1.82, 2.24) is 20.2 Å².